The third kappa shape index (κ3) is 4.59. The number of carbonyl (C=O) groups is 2. The smallest absolute Gasteiger partial charge is 0.250 e. The van der Waals surface area contributed by atoms with Crippen molar-refractivity contribution in [2.24, 2.45) is 5.92 Å². The lowest BCUT2D eigenvalue weighted by Gasteiger charge is -2.32. The monoisotopic (exact) mass is 413 g/mol. The summed E-state index contributed by atoms with van der Waals surface area (Å²) in [4.78, 5) is 29.2. The molecule has 162 valence electrons. The maximum Gasteiger partial charge on any atom is 0.250 e. The Morgan fingerprint density at radius 3 is 2.70 bits per heavy atom. The number of nitrogens with zero attached hydrogens (tertiary/aromatic N) is 2. The van der Waals surface area contributed by atoms with Crippen LogP contribution in [0.25, 0.3) is 0 Å². The maximum absolute atomic E-state index is 13.8. The van der Waals surface area contributed by atoms with Gasteiger partial charge in [-0.2, -0.15) is 0 Å². The topological polar surface area (TPSA) is 52.7 Å². The van der Waals surface area contributed by atoms with Crippen molar-refractivity contribution in [1.82, 2.24) is 15.1 Å². The van der Waals surface area contributed by atoms with Gasteiger partial charge in [0.25, 0.3) is 5.91 Å². The number of rotatable bonds is 6. The quantitative estimate of drug-likeness (QED) is 0.779. The van der Waals surface area contributed by atoms with Gasteiger partial charge in [-0.25, -0.2) is 4.39 Å². The summed E-state index contributed by atoms with van der Waals surface area (Å²) in [5.74, 6) is 0.287. The summed E-state index contributed by atoms with van der Waals surface area (Å²) in [6.45, 7) is 3.12. The van der Waals surface area contributed by atoms with E-state index >= 15 is 0 Å². The molecule has 1 saturated carbocycles. The Morgan fingerprint density at radius 2 is 1.93 bits per heavy atom. The second-order valence-corrected chi connectivity index (χ2v) is 8.97. The van der Waals surface area contributed by atoms with Crippen LogP contribution < -0.4 is 5.32 Å². The average molecular weight is 414 g/mol. The molecule has 2 amide bonds. The third-order valence-electron chi connectivity index (χ3n) is 6.99. The molecule has 2 aliphatic heterocycles. The fourth-order valence-corrected chi connectivity index (χ4v) is 5.15. The SMILES string of the molecule is CN1C(=O)C(CC(=O)NCC2CCN(Cc3ccccc3F)CC2)=C2CCCCC21. The van der Waals surface area contributed by atoms with Crippen LogP contribution in [0.2, 0.25) is 0 Å². The number of carbonyl (C=O) groups excluding carboxylic acids is 2. The van der Waals surface area contributed by atoms with Gasteiger partial charge in [-0.1, -0.05) is 24.6 Å². The predicted octanol–water partition coefficient (Wildman–Crippen LogP) is 3.26. The number of nitrogens with one attached hydrogen (secondary N) is 1. The Balaban J connectivity index is 1.23. The highest BCUT2D eigenvalue weighted by Crippen LogP contribution is 2.36. The van der Waals surface area contributed by atoms with Gasteiger partial charge in [0, 0.05) is 31.3 Å². The van der Waals surface area contributed by atoms with Crippen molar-refractivity contribution in [3.05, 3.63) is 46.8 Å². The minimum absolute atomic E-state index is 0.0357. The summed E-state index contributed by atoms with van der Waals surface area (Å²) in [7, 11) is 1.86. The van der Waals surface area contributed by atoms with Gasteiger partial charge in [-0.05, 0) is 62.8 Å². The average Bonchev–Trinajstić information content (AvgIpc) is 3.00. The molecule has 2 heterocycles. The molecule has 1 saturated heterocycles. The number of benzene rings is 1. The van der Waals surface area contributed by atoms with E-state index in [-0.39, 0.29) is 30.1 Å². The summed E-state index contributed by atoms with van der Waals surface area (Å²) in [5.41, 5.74) is 2.68. The molecule has 1 N–H and O–H groups in total. The maximum atomic E-state index is 13.8. The van der Waals surface area contributed by atoms with Crippen LogP contribution in [0.15, 0.2) is 35.4 Å². The Bertz CT molecular complexity index is 829. The fraction of sp³-hybridized carbons (Fsp3) is 0.583. The zero-order chi connectivity index (χ0) is 21.1. The van der Waals surface area contributed by atoms with Crippen LogP contribution >= 0.6 is 0 Å². The molecule has 3 aliphatic rings. The summed E-state index contributed by atoms with van der Waals surface area (Å²) in [5, 5.41) is 3.06. The van der Waals surface area contributed by atoms with Gasteiger partial charge in [0.05, 0.1) is 12.5 Å². The molecule has 0 aromatic heterocycles. The number of piperidine rings is 1. The summed E-state index contributed by atoms with van der Waals surface area (Å²) in [6, 6.07) is 7.16. The minimum Gasteiger partial charge on any atom is -0.356 e. The molecule has 2 fully saturated rings. The first-order valence-corrected chi connectivity index (χ1v) is 11.2. The van der Waals surface area contributed by atoms with E-state index in [4.69, 9.17) is 0 Å². The number of hydrogen-bond acceptors (Lipinski definition) is 3. The highest BCUT2D eigenvalue weighted by molar-refractivity contribution is 6.02. The van der Waals surface area contributed by atoms with E-state index in [1.54, 1.807) is 6.07 Å². The van der Waals surface area contributed by atoms with Crippen LogP contribution in [0.4, 0.5) is 4.39 Å². The molecule has 5 nitrogen and oxygen atoms in total. The largest absolute Gasteiger partial charge is 0.356 e. The molecule has 4 rings (SSSR count). The van der Waals surface area contributed by atoms with E-state index in [1.807, 2.05) is 24.1 Å². The van der Waals surface area contributed by atoms with E-state index in [1.165, 1.54) is 11.6 Å². The lowest BCUT2D eigenvalue weighted by atomic mass is 9.88. The molecule has 1 unspecified atom stereocenters. The van der Waals surface area contributed by atoms with E-state index in [0.29, 0.717) is 19.0 Å². The van der Waals surface area contributed by atoms with Crippen LogP contribution in [0.1, 0.15) is 50.5 Å². The summed E-state index contributed by atoms with van der Waals surface area (Å²) < 4.78 is 13.8. The Labute approximate surface area is 178 Å². The van der Waals surface area contributed by atoms with Crippen molar-refractivity contribution in [3.8, 4) is 0 Å². The van der Waals surface area contributed by atoms with Gasteiger partial charge in [0.1, 0.15) is 5.82 Å². The normalized spacial score (nSPS) is 23.1. The van der Waals surface area contributed by atoms with Crippen molar-refractivity contribution in [2.75, 3.05) is 26.7 Å². The van der Waals surface area contributed by atoms with E-state index in [0.717, 1.165) is 62.8 Å². The lowest BCUT2D eigenvalue weighted by Crippen LogP contribution is -2.38. The number of likely N-dealkylation sites (tertiary alicyclic amines) is 1. The summed E-state index contributed by atoms with van der Waals surface area (Å²) >= 11 is 0. The van der Waals surface area contributed by atoms with Gasteiger partial charge >= 0.3 is 0 Å². The van der Waals surface area contributed by atoms with Crippen LogP contribution in [0.3, 0.4) is 0 Å². The van der Waals surface area contributed by atoms with E-state index in [2.05, 4.69) is 10.2 Å². The van der Waals surface area contributed by atoms with Crippen LogP contribution in [-0.2, 0) is 16.1 Å². The molecule has 0 bridgehead atoms. The molecule has 1 aliphatic carbocycles. The molecule has 1 aromatic carbocycles. The second kappa shape index (κ2) is 9.29. The summed E-state index contributed by atoms with van der Waals surface area (Å²) in [6.07, 6.45) is 6.43. The Morgan fingerprint density at radius 1 is 1.17 bits per heavy atom. The molecule has 30 heavy (non-hydrogen) atoms. The first-order valence-electron chi connectivity index (χ1n) is 11.2. The Kier molecular flexibility index (Phi) is 6.52. The zero-order valence-electron chi connectivity index (χ0n) is 17.8. The predicted molar refractivity (Wildman–Crippen MR) is 114 cm³/mol. The van der Waals surface area contributed by atoms with Gasteiger partial charge in [0.2, 0.25) is 5.91 Å². The standard InChI is InChI=1S/C24H32FN3O2/c1-27-22-9-5-3-7-19(22)20(24(27)30)14-23(29)26-15-17-10-12-28(13-11-17)16-18-6-2-4-8-21(18)25/h2,4,6,8,17,22H,3,5,7,9-16H2,1H3,(H,26,29). The molecular formula is C24H32FN3O2. The van der Waals surface area contributed by atoms with Crippen molar-refractivity contribution in [2.45, 2.75) is 57.5 Å². The van der Waals surface area contributed by atoms with Crippen LogP contribution in [0, 0.1) is 11.7 Å². The molecule has 0 spiro atoms. The van der Waals surface area contributed by atoms with Gasteiger partial charge in [-0.15, -0.1) is 0 Å². The second-order valence-electron chi connectivity index (χ2n) is 8.97. The highest BCUT2D eigenvalue weighted by Gasteiger charge is 2.38. The molecule has 1 aromatic rings. The first kappa shape index (κ1) is 21.0. The van der Waals surface area contributed by atoms with Gasteiger partial charge in [-0.3, -0.25) is 14.5 Å². The molecule has 6 heteroatoms. The molecule has 0 radical (unpaired) electrons. The number of hydrogen-bond donors (Lipinski definition) is 1. The van der Waals surface area contributed by atoms with E-state index < -0.39 is 0 Å². The van der Waals surface area contributed by atoms with Crippen molar-refractivity contribution in [3.63, 3.8) is 0 Å². The van der Waals surface area contributed by atoms with Crippen LogP contribution in [-0.4, -0.2) is 54.3 Å². The van der Waals surface area contributed by atoms with Crippen molar-refractivity contribution < 1.29 is 14.0 Å². The first-order chi connectivity index (χ1) is 14.5. The van der Waals surface area contributed by atoms with Crippen LogP contribution in [0.5, 0.6) is 0 Å². The lowest BCUT2D eigenvalue weighted by molar-refractivity contribution is -0.128. The highest BCUT2D eigenvalue weighted by atomic mass is 19.1. The number of amides is 2. The molecular weight excluding hydrogens is 381 g/mol. The third-order valence-corrected chi connectivity index (χ3v) is 6.99. The van der Waals surface area contributed by atoms with Gasteiger partial charge in [0.15, 0.2) is 0 Å². The zero-order valence-corrected chi connectivity index (χ0v) is 17.8. The number of halogens is 1. The number of fused-ring (bicyclic) bond motifs is 1. The number of likely N-dealkylation sites (N-methyl/N-ethyl adjacent to an activating group) is 1. The fourth-order valence-electron chi connectivity index (χ4n) is 5.15. The molecule has 1 atom stereocenters. The van der Waals surface area contributed by atoms with Crippen molar-refractivity contribution >= 4 is 11.8 Å². The van der Waals surface area contributed by atoms with E-state index in [9.17, 15) is 14.0 Å². The minimum atomic E-state index is -0.144. The Hall–Kier alpha value is -2.21. The van der Waals surface area contributed by atoms with Crippen molar-refractivity contribution in [1.29, 1.82) is 0 Å². The van der Waals surface area contributed by atoms with Gasteiger partial charge < -0.3 is 10.2 Å².